The normalized spacial score (nSPS) is 23.8. The molecule has 0 aromatic carbocycles. The number of likely N-dealkylation sites (tertiary alicyclic amines) is 1. The number of carboxylic acids is 1. The molecule has 1 heterocycles. The van der Waals surface area contributed by atoms with Crippen LogP contribution in [0.3, 0.4) is 0 Å². The van der Waals surface area contributed by atoms with E-state index in [1.165, 1.54) is 32.1 Å². The van der Waals surface area contributed by atoms with Crippen molar-refractivity contribution in [3.8, 4) is 0 Å². The van der Waals surface area contributed by atoms with Crippen LogP contribution < -0.4 is 5.32 Å². The summed E-state index contributed by atoms with van der Waals surface area (Å²) in [7, 11) is 0. The van der Waals surface area contributed by atoms with Gasteiger partial charge in [-0.05, 0) is 24.7 Å². The van der Waals surface area contributed by atoms with Crippen LogP contribution in [0.1, 0.15) is 51.4 Å². The van der Waals surface area contributed by atoms with Crippen LogP contribution in [0, 0.1) is 11.8 Å². The van der Waals surface area contributed by atoms with Crippen molar-refractivity contribution in [1.29, 1.82) is 0 Å². The fourth-order valence-corrected chi connectivity index (χ4v) is 3.40. The summed E-state index contributed by atoms with van der Waals surface area (Å²) in [5, 5.41) is 11.8. The number of rotatable bonds is 5. The molecular formula is C15H26N2O3. The van der Waals surface area contributed by atoms with Crippen LogP contribution in [-0.4, -0.2) is 41.6 Å². The Morgan fingerprint density at radius 2 is 1.85 bits per heavy atom. The van der Waals surface area contributed by atoms with E-state index in [9.17, 15) is 9.59 Å². The molecule has 5 heteroatoms. The maximum atomic E-state index is 12.0. The van der Waals surface area contributed by atoms with E-state index in [2.05, 4.69) is 5.32 Å². The van der Waals surface area contributed by atoms with Crippen molar-refractivity contribution in [2.45, 2.75) is 51.4 Å². The molecule has 5 nitrogen and oxygen atoms in total. The van der Waals surface area contributed by atoms with Gasteiger partial charge in [0.05, 0.1) is 0 Å². The van der Waals surface area contributed by atoms with Gasteiger partial charge in [0, 0.05) is 26.1 Å². The van der Waals surface area contributed by atoms with Gasteiger partial charge in [0.25, 0.3) is 0 Å². The lowest BCUT2D eigenvalue weighted by molar-refractivity contribution is -0.138. The van der Waals surface area contributed by atoms with Crippen molar-refractivity contribution in [2.24, 2.45) is 11.8 Å². The van der Waals surface area contributed by atoms with Gasteiger partial charge in [0.2, 0.25) is 0 Å². The highest BCUT2D eigenvalue weighted by Crippen LogP contribution is 2.25. The van der Waals surface area contributed by atoms with Gasteiger partial charge >= 0.3 is 12.0 Å². The fourth-order valence-electron chi connectivity index (χ4n) is 3.40. The summed E-state index contributed by atoms with van der Waals surface area (Å²) in [5.74, 6) is 0.133. The quantitative estimate of drug-likeness (QED) is 0.814. The van der Waals surface area contributed by atoms with Crippen molar-refractivity contribution in [3.63, 3.8) is 0 Å². The highest BCUT2D eigenvalue weighted by molar-refractivity contribution is 5.74. The zero-order valence-electron chi connectivity index (χ0n) is 12.1. The van der Waals surface area contributed by atoms with Gasteiger partial charge in [-0.25, -0.2) is 4.79 Å². The second-order valence-corrected chi connectivity index (χ2v) is 6.22. The van der Waals surface area contributed by atoms with Gasteiger partial charge in [0.15, 0.2) is 0 Å². The van der Waals surface area contributed by atoms with E-state index in [1.807, 2.05) is 0 Å². The smallest absolute Gasteiger partial charge is 0.317 e. The molecule has 1 aliphatic heterocycles. The first-order chi connectivity index (χ1) is 9.65. The van der Waals surface area contributed by atoms with Crippen LogP contribution >= 0.6 is 0 Å². The number of carbonyl (C=O) groups is 2. The van der Waals surface area contributed by atoms with E-state index in [1.54, 1.807) is 4.90 Å². The van der Waals surface area contributed by atoms with Gasteiger partial charge in [0.1, 0.15) is 0 Å². The topological polar surface area (TPSA) is 69.6 Å². The van der Waals surface area contributed by atoms with Gasteiger partial charge < -0.3 is 15.3 Å². The van der Waals surface area contributed by atoms with E-state index < -0.39 is 5.97 Å². The molecule has 2 amide bonds. The highest BCUT2D eigenvalue weighted by atomic mass is 16.4. The molecule has 114 valence electrons. The number of nitrogens with zero attached hydrogens (tertiary/aromatic N) is 1. The molecule has 1 saturated heterocycles. The predicted molar refractivity (Wildman–Crippen MR) is 76.5 cm³/mol. The van der Waals surface area contributed by atoms with Crippen molar-refractivity contribution in [2.75, 3.05) is 19.6 Å². The molecule has 2 aliphatic rings. The van der Waals surface area contributed by atoms with Gasteiger partial charge in [-0.15, -0.1) is 0 Å². The first-order valence-corrected chi connectivity index (χ1v) is 7.89. The number of aliphatic carboxylic acids is 1. The third kappa shape index (κ3) is 4.69. The lowest BCUT2D eigenvalue weighted by Crippen LogP contribution is -2.39. The van der Waals surface area contributed by atoms with Crippen LogP contribution in [0.25, 0.3) is 0 Å². The number of carboxylic acid groups (broad SMARTS) is 1. The zero-order chi connectivity index (χ0) is 14.4. The SMILES string of the molecule is O=C(O)CC1CCN(C(=O)NCCC2CCCCC2)C1. The summed E-state index contributed by atoms with van der Waals surface area (Å²) in [5.41, 5.74) is 0. The minimum absolute atomic E-state index is 0.0197. The average molecular weight is 282 g/mol. The molecule has 1 atom stereocenters. The molecule has 2 N–H and O–H groups in total. The van der Waals surface area contributed by atoms with E-state index in [-0.39, 0.29) is 18.4 Å². The fraction of sp³-hybridized carbons (Fsp3) is 0.867. The van der Waals surface area contributed by atoms with Crippen molar-refractivity contribution < 1.29 is 14.7 Å². The Labute approximate surface area is 120 Å². The third-order valence-electron chi connectivity index (χ3n) is 4.59. The van der Waals surface area contributed by atoms with E-state index in [0.29, 0.717) is 13.1 Å². The Bertz CT molecular complexity index is 340. The summed E-state index contributed by atoms with van der Waals surface area (Å²) in [6, 6.07) is -0.0197. The maximum Gasteiger partial charge on any atom is 0.317 e. The molecule has 2 fully saturated rings. The molecule has 0 radical (unpaired) electrons. The minimum atomic E-state index is -0.769. The highest BCUT2D eigenvalue weighted by Gasteiger charge is 2.27. The van der Waals surface area contributed by atoms with Crippen LogP contribution in [0.2, 0.25) is 0 Å². The second kappa shape index (κ2) is 7.50. The van der Waals surface area contributed by atoms with Gasteiger partial charge in [-0.3, -0.25) is 4.79 Å². The van der Waals surface area contributed by atoms with Crippen LogP contribution in [0.4, 0.5) is 4.79 Å². The van der Waals surface area contributed by atoms with E-state index in [4.69, 9.17) is 5.11 Å². The Kier molecular flexibility index (Phi) is 5.68. The molecule has 0 spiro atoms. The molecular weight excluding hydrogens is 256 g/mol. The Hall–Kier alpha value is -1.26. The molecule has 1 aliphatic carbocycles. The molecule has 0 aromatic heterocycles. The molecule has 0 bridgehead atoms. The third-order valence-corrected chi connectivity index (χ3v) is 4.59. The minimum Gasteiger partial charge on any atom is -0.481 e. The number of urea groups is 1. The average Bonchev–Trinajstić information content (AvgIpc) is 2.87. The lowest BCUT2D eigenvalue weighted by Gasteiger charge is -2.22. The summed E-state index contributed by atoms with van der Waals surface area (Å²) >= 11 is 0. The van der Waals surface area contributed by atoms with Crippen molar-refractivity contribution in [3.05, 3.63) is 0 Å². The van der Waals surface area contributed by atoms with Gasteiger partial charge in [-0.2, -0.15) is 0 Å². The van der Waals surface area contributed by atoms with Crippen LogP contribution in [-0.2, 0) is 4.79 Å². The van der Waals surface area contributed by atoms with Crippen LogP contribution in [0.5, 0.6) is 0 Å². The maximum absolute atomic E-state index is 12.0. The number of carbonyl (C=O) groups excluding carboxylic acids is 1. The summed E-state index contributed by atoms with van der Waals surface area (Å²) < 4.78 is 0. The predicted octanol–water partition coefficient (Wildman–Crippen LogP) is 2.46. The number of nitrogens with one attached hydrogen (secondary N) is 1. The molecule has 1 saturated carbocycles. The monoisotopic (exact) mass is 282 g/mol. The number of hydrogen-bond donors (Lipinski definition) is 2. The standard InChI is InChI=1S/C15H26N2O3/c18-14(19)10-13-7-9-17(11-13)15(20)16-8-6-12-4-2-1-3-5-12/h12-13H,1-11H2,(H,16,20)(H,18,19). The van der Waals surface area contributed by atoms with E-state index >= 15 is 0 Å². The largest absolute Gasteiger partial charge is 0.481 e. The van der Waals surface area contributed by atoms with E-state index in [0.717, 1.165) is 25.3 Å². The summed E-state index contributed by atoms with van der Waals surface area (Å²) in [4.78, 5) is 24.4. The number of hydrogen-bond acceptors (Lipinski definition) is 2. The molecule has 2 rings (SSSR count). The first-order valence-electron chi connectivity index (χ1n) is 7.89. The van der Waals surface area contributed by atoms with Gasteiger partial charge in [-0.1, -0.05) is 32.1 Å². The summed E-state index contributed by atoms with van der Waals surface area (Å²) in [6.45, 7) is 2.03. The van der Waals surface area contributed by atoms with Crippen LogP contribution in [0.15, 0.2) is 0 Å². The summed E-state index contributed by atoms with van der Waals surface area (Å²) in [6.07, 6.45) is 8.71. The number of amides is 2. The lowest BCUT2D eigenvalue weighted by atomic mass is 9.87. The Morgan fingerprint density at radius 1 is 1.10 bits per heavy atom. The zero-order valence-corrected chi connectivity index (χ0v) is 12.1. The Morgan fingerprint density at radius 3 is 2.55 bits per heavy atom. The Balaban J connectivity index is 1.61. The van der Waals surface area contributed by atoms with Crippen molar-refractivity contribution >= 4 is 12.0 Å². The molecule has 1 unspecified atom stereocenters. The molecule has 20 heavy (non-hydrogen) atoms. The second-order valence-electron chi connectivity index (χ2n) is 6.22. The first kappa shape index (κ1) is 15.1. The molecule has 0 aromatic rings. The van der Waals surface area contributed by atoms with Crippen molar-refractivity contribution in [1.82, 2.24) is 10.2 Å².